The summed E-state index contributed by atoms with van der Waals surface area (Å²) in [4.78, 5) is 25.9. The predicted molar refractivity (Wildman–Crippen MR) is 114 cm³/mol. The van der Waals surface area contributed by atoms with Gasteiger partial charge in [0.2, 0.25) is 11.7 Å². The molecule has 0 spiro atoms. The van der Waals surface area contributed by atoms with E-state index >= 15 is 0 Å². The number of carbonyl (C=O) groups excluding carboxylic acids is 1. The summed E-state index contributed by atoms with van der Waals surface area (Å²) in [5, 5.41) is 7.83. The molecular formula is C22H24N6O2. The Labute approximate surface area is 174 Å². The van der Waals surface area contributed by atoms with Crippen molar-refractivity contribution in [3.8, 4) is 22.8 Å². The van der Waals surface area contributed by atoms with E-state index < -0.39 is 0 Å². The van der Waals surface area contributed by atoms with Crippen LogP contribution in [0.25, 0.3) is 33.7 Å². The van der Waals surface area contributed by atoms with Crippen LogP contribution in [0.2, 0.25) is 0 Å². The van der Waals surface area contributed by atoms with Crippen molar-refractivity contribution in [2.24, 2.45) is 0 Å². The van der Waals surface area contributed by atoms with Gasteiger partial charge in [-0.15, -0.1) is 0 Å². The summed E-state index contributed by atoms with van der Waals surface area (Å²) in [6, 6.07) is 7.61. The molecule has 0 bridgehead atoms. The summed E-state index contributed by atoms with van der Waals surface area (Å²) < 4.78 is 7.12. The van der Waals surface area contributed by atoms with Gasteiger partial charge in [-0.2, -0.15) is 4.98 Å². The van der Waals surface area contributed by atoms with Crippen molar-refractivity contribution in [2.75, 3.05) is 6.54 Å². The number of aromatic nitrogens is 5. The highest BCUT2D eigenvalue weighted by Crippen LogP contribution is 2.26. The lowest BCUT2D eigenvalue weighted by Crippen LogP contribution is -2.25. The van der Waals surface area contributed by atoms with Gasteiger partial charge in [0.15, 0.2) is 0 Å². The molecule has 8 nitrogen and oxygen atoms in total. The molecule has 4 aromatic heterocycles. The van der Waals surface area contributed by atoms with Crippen LogP contribution in [0.4, 0.5) is 0 Å². The highest BCUT2D eigenvalue weighted by Gasteiger charge is 2.16. The van der Waals surface area contributed by atoms with Crippen LogP contribution in [0.3, 0.4) is 0 Å². The Morgan fingerprint density at radius 2 is 2.00 bits per heavy atom. The molecule has 0 aliphatic rings. The molecule has 0 aromatic carbocycles. The van der Waals surface area contributed by atoms with E-state index in [2.05, 4.69) is 32.3 Å². The molecule has 0 unspecified atom stereocenters. The molecule has 0 saturated heterocycles. The van der Waals surface area contributed by atoms with Gasteiger partial charge in [0.05, 0.1) is 23.1 Å². The zero-order valence-electron chi connectivity index (χ0n) is 17.3. The van der Waals surface area contributed by atoms with Gasteiger partial charge in [0, 0.05) is 37.2 Å². The van der Waals surface area contributed by atoms with E-state index in [9.17, 15) is 4.79 Å². The molecular weight excluding hydrogens is 380 g/mol. The molecule has 4 aromatic rings. The first-order valence-electron chi connectivity index (χ1n) is 10.1. The third-order valence-corrected chi connectivity index (χ3v) is 4.90. The number of aryl methyl sites for hydroxylation is 2. The second kappa shape index (κ2) is 8.44. The summed E-state index contributed by atoms with van der Waals surface area (Å²) >= 11 is 0. The van der Waals surface area contributed by atoms with Crippen molar-refractivity contribution in [2.45, 2.75) is 40.2 Å². The third kappa shape index (κ3) is 3.80. The molecule has 1 N–H and O–H groups in total. The van der Waals surface area contributed by atoms with Crippen molar-refractivity contribution < 1.29 is 9.32 Å². The van der Waals surface area contributed by atoms with Crippen LogP contribution in [-0.2, 0) is 6.54 Å². The Bertz CT molecular complexity index is 1190. The van der Waals surface area contributed by atoms with E-state index in [1.54, 1.807) is 13.1 Å². The largest absolute Gasteiger partial charge is 0.351 e. The lowest BCUT2D eigenvalue weighted by Gasteiger charge is -2.10. The van der Waals surface area contributed by atoms with E-state index in [0.29, 0.717) is 29.6 Å². The summed E-state index contributed by atoms with van der Waals surface area (Å²) in [6.07, 6.45) is 5.56. The highest BCUT2D eigenvalue weighted by atomic mass is 16.5. The molecule has 0 aliphatic carbocycles. The Kier molecular flexibility index (Phi) is 5.56. The van der Waals surface area contributed by atoms with Gasteiger partial charge in [-0.1, -0.05) is 18.5 Å². The first-order chi connectivity index (χ1) is 14.6. The monoisotopic (exact) mass is 404 g/mol. The minimum Gasteiger partial charge on any atom is -0.351 e. The molecule has 4 heterocycles. The number of rotatable bonds is 7. The van der Waals surface area contributed by atoms with E-state index in [1.165, 1.54) is 0 Å². The Balaban J connectivity index is 1.75. The second-order valence-corrected chi connectivity index (χ2v) is 7.09. The average molecular weight is 404 g/mol. The van der Waals surface area contributed by atoms with Gasteiger partial charge >= 0.3 is 0 Å². The van der Waals surface area contributed by atoms with Crippen LogP contribution in [0.1, 0.15) is 43.1 Å². The van der Waals surface area contributed by atoms with Crippen LogP contribution >= 0.6 is 0 Å². The standard InChI is InChI=1S/C22H24N6O2/c1-4-6-9-28-19(22(29)23-5-2)12-16-11-18(25-13-20(16)28)17-10-15(7-8-24-17)21-26-14(3)30-27-21/h7-8,10-13H,4-6,9H2,1-3H3,(H,23,29). The molecule has 8 heteroatoms. The van der Waals surface area contributed by atoms with Gasteiger partial charge < -0.3 is 14.4 Å². The molecule has 4 rings (SSSR count). The van der Waals surface area contributed by atoms with Crippen LogP contribution in [-0.4, -0.2) is 37.1 Å². The molecule has 0 radical (unpaired) electrons. The number of amides is 1. The van der Waals surface area contributed by atoms with E-state index in [1.807, 2.05) is 42.0 Å². The second-order valence-electron chi connectivity index (χ2n) is 7.09. The van der Waals surface area contributed by atoms with Gasteiger partial charge in [0.25, 0.3) is 5.91 Å². The fraction of sp³-hybridized carbons (Fsp3) is 0.318. The molecule has 30 heavy (non-hydrogen) atoms. The van der Waals surface area contributed by atoms with Crippen molar-refractivity contribution in [3.63, 3.8) is 0 Å². The van der Waals surface area contributed by atoms with E-state index in [4.69, 9.17) is 4.52 Å². The first-order valence-corrected chi connectivity index (χ1v) is 10.1. The molecule has 0 aliphatic heterocycles. The van der Waals surface area contributed by atoms with E-state index in [0.717, 1.165) is 41.5 Å². The third-order valence-electron chi connectivity index (χ3n) is 4.90. The molecule has 0 atom stereocenters. The Morgan fingerprint density at radius 1 is 1.17 bits per heavy atom. The number of hydrogen-bond donors (Lipinski definition) is 1. The number of fused-ring (bicyclic) bond motifs is 1. The summed E-state index contributed by atoms with van der Waals surface area (Å²) in [5.74, 6) is 0.953. The number of unbranched alkanes of at least 4 members (excludes halogenated alkanes) is 1. The molecule has 0 saturated carbocycles. The normalized spacial score (nSPS) is 11.2. The maximum atomic E-state index is 12.6. The lowest BCUT2D eigenvalue weighted by atomic mass is 10.1. The lowest BCUT2D eigenvalue weighted by molar-refractivity contribution is 0.0947. The minimum atomic E-state index is -0.0704. The summed E-state index contributed by atoms with van der Waals surface area (Å²) in [5.41, 5.74) is 3.83. The van der Waals surface area contributed by atoms with Crippen LogP contribution < -0.4 is 5.32 Å². The number of nitrogens with zero attached hydrogens (tertiary/aromatic N) is 5. The number of carbonyl (C=O) groups is 1. The number of pyridine rings is 2. The predicted octanol–water partition coefficient (Wildman–Crippen LogP) is 4.01. The van der Waals surface area contributed by atoms with E-state index in [-0.39, 0.29) is 5.91 Å². The number of hydrogen-bond acceptors (Lipinski definition) is 6. The fourth-order valence-electron chi connectivity index (χ4n) is 3.42. The van der Waals surface area contributed by atoms with Crippen LogP contribution in [0, 0.1) is 6.92 Å². The van der Waals surface area contributed by atoms with Gasteiger partial charge in [0.1, 0.15) is 5.69 Å². The van der Waals surface area contributed by atoms with Gasteiger partial charge in [-0.3, -0.25) is 14.8 Å². The van der Waals surface area contributed by atoms with Crippen molar-refractivity contribution in [1.29, 1.82) is 0 Å². The van der Waals surface area contributed by atoms with Crippen LogP contribution in [0.5, 0.6) is 0 Å². The maximum Gasteiger partial charge on any atom is 0.267 e. The average Bonchev–Trinajstić information content (AvgIpc) is 3.35. The fourth-order valence-corrected chi connectivity index (χ4v) is 3.42. The highest BCUT2D eigenvalue weighted by molar-refractivity contribution is 5.99. The molecule has 0 fully saturated rings. The van der Waals surface area contributed by atoms with Crippen molar-refractivity contribution in [1.82, 2.24) is 30.0 Å². The smallest absolute Gasteiger partial charge is 0.267 e. The first kappa shape index (κ1) is 19.8. The Morgan fingerprint density at radius 3 is 2.73 bits per heavy atom. The van der Waals surface area contributed by atoms with Crippen molar-refractivity contribution >= 4 is 16.8 Å². The zero-order chi connectivity index (χ0) is 21.1. The van der Waals surface area contributed by atoms with Crippen LogP contribution in [0.15, 0.2) is 41.2 Å². The Hall–Kier alpha value is -3.55. The topological polar surface area (TPSA) is 98.7 Å². The number of nitrogens with one attached hydrogen (secondary N) is 1. The zero-order valence-corrected chi connectivity index (χ0v) is 17.3. The maximum absolute atomic E-state index is 12.6. The minimum absolute atomic E-state index is 0.0704. The quantitative estimate of drug-likeness (QED) is 0.500. The van der Waals surface area contributed by atoms with Gasteiger partial charge in [-0.05, 0) is 37.6 Å². The molecule has 1 amide bonds. The van der Waals surface area contributed by atoms with Gasteiger partial charge in [-0.25, -0.2) is 0 Å². The summed E-state index contributed by atoms with van der Waals surface area (Å²) in [6.45, 7) is 7.17. The summed E-state index contributed by atoms with van der Waals surface area (Å²) in [7, 11) is 0. The molecule has 154 valence electrons. The van der Waals surface area contributed by atoms with Crippen molar-refractivity contribution in [3.05, 3.63) is 48.2 Å². The SMILES string of the molecule is CCCCn1c(C(=O)NCC)cc2cc(-c3cc(-c4noc(C)n4)ccn3)ncc21.